The number of rotatable bonds is 4. The molecule has 0 unspecified atom stereocenters. The molecule has 29 heavy (non-hydrogen) atoms. The van der Waals surface area contributed by atoms with Crippen LogP contribution in [0.4, 0.5) is 11.4 Å². The van der Waals surface area contributed by atoms with Crippen LogP contribution in [0.5, 0.6) is 0 Å². The Morgan fingerprint density at radius 1 is 0.966 bits per heavy atom. The third kappa shape index (κ3) is 4.86. The van der Waals surface area contributed by atoms with Crippen LogP contribution < -0.4 is 15.5 Å². The molecule has 3 aromatic rings. The Morgan fingerprint density at radius 2 is 1.66 bits per heavy atom. The number of carbonyl (C=O) groups is 1. The lowest BCUT2D eigenvalue weighted by molar-refractivity contribution is 0.0951. The molecule has 1 fully saturated rings. The number of furan rings is 1. The second-order valence-corrected chi connectivity index (χ2v) is 8.14. The maximum Gasteiger partial charge on any atom is 0.293 e. The van der Waals surface area contributed by atoms with Crippen LogP contribution in [-0.4, -0.2) is 24.1 Å². The van der Waals surface area contributed by atoms with Gasteiger partial charge < -0.3 is 14.6 Å². The van der Waals surface area contributed by atoms with Crippen molar-refractivity contribution in [3.8, 4) is 11.3 Å². The normalized spacial score (nSPS) is 13.3. The van der Waals surface area contributed by atoms with E-state index in [1.54, 1.807) is 12.1 Å². The highest BCUT2D eigenvalue weighted by Crippen LogP contribution is 2.24. The van der Waals surface area contributed by atoms with Crippen LogP contribution in [0.25, 0.3) is 11.3 Å². The molecule has 0 spiro atoms. The summed E-state index contributed by atoms with van der Waals surface area (Å²) in [5.41, 5.74) is 2.93. The highest BCUT2D eigenvalue weighted by atomic mass is 79.9. The molecule has 7 heteroatoms. The van der Waals surface area contributed by atoms with Crippen LogP contribution >= 0.6 is 28.1 Å². The molecule has 1 aromatic heterocycles. The molecule has 2 N–H and O–H groups in total. The minimum Gasteiger partial charge on any atom is -0.451 e. The number of thiocarbonyl (C=S) groups is 1. The Labute approximate surface area is 183 Å². The van der Waals surface area contributed by atoms with Crippen molar-refractivity contribution in [1.82, 2.24) is 5.32 Å². The van der Waals surface area contributed by atoms with Crippen LogP contribution in [0, 0.1) is 0 Å². The maximum atomic E-state index is 12.4. The maximum absolute atomic E-state index is 12.4. The molecule has 2 aromatic carbocycles. The third-order valence-corrected chi connectivity index (χ3v) is 5.51. The third-order valence-electron chi connectivity index (χ3n) is 4.78. The first kappa shape index (κ1) is 19.7. The van der Waals surface area contributed by atoms with E-state index in [2.05, 4.69) is 43.6 Å². The van der Waals surface area contributed by atoms with E-state index in [-0.39, 0.29) is 16.8 Å². The zero-order chi connectivity index (χ0) is 20.2. The Balaban J connectivity index is 1.34. The number of nitrogens with zero attached hydrogens (tertiary/aromatic N) is 1. The van der Waals surface area contributed by atoms with Crippen molar-refractivity contribution in [2.24, 2.45) is 0 Å². The standard InChI is InChI=1S/C22H20BrN3O2S/c23-16-5-3-15(4-6-16)19-11-12-20(28-19)21(27)25-22(29)24-17-7-9-18(10-8-17)26-13-1-2-14-26/h3-12H,1-2,13-14H2,(H2,24,25,27,29). The fourth-order valence-corrected chi connectivity index (χ4v) is 3.76. The monoisotopic (exact) mass is 469 g/mol. The van der Waals surface area contributed by atoms with Gasteiger partial charge in [-0.05, 0) is 73.6 Å². The number of carbonyl (C=O) groups excluding carboxylic acids is 1. The van der Waals surface area contributed by atoms with Gasteiger partial charge >= 0.3 is 0 Å². The van der Waals surface area contributed by atoms with Crippen molar-refractivity contribution >= 4 is 50.5 Å². The van der Waals surface area contributed by atoms with Gasteiger partial charge in [0.15, 0.2) is 10.9 Å². The summed E-state index contributed by atoms with van der Waals surface area (Å²) in [5.74, 6) is 0.440. The van der Waals surface area contributed by atoms with Gasteiger partial charge in [-0.15, -0.1) is 0 Å². The van der Waals surface area contributed by atoms with E-state index in [1.165, 1.54) is 18.5 Å². The van der Waals surface area contributed by atoms with Crippen LogP contribution in [0.3, 0.4) is 0 Å². The summed E-state index contributed by atoms with van der Waals surface area (Å²) < 4.78 is 6.66. The molecule has 2 heterocycles. The zero-order valence-corrected chi connectivity index (χ0v) is 18.1. The number of benzene rings is 2. The number of amides is 1. The Morgan fingerprint density at radius 3 is 2.34 bits per heavy atom. The first-order valence-corrected chi connectivity index (χ1v) is 10.6. The fraction of sp³-hybridized carbons (Fsp3) is 0.182. The van der Waals surface area contributed by atoms with E-state index < -0.39 is 0 Å². The lowest BCUT2D eigenvalue weighted by Crippen LogP contribution is -2.33. The minimum absolute atomic E-state index is 0.205. The minimum atomic E-state index is -0.389. The van der Waals surface area contributed by atoms with Gasteiger partial charge in [-0.3, -0.25) is 10.1 Å². The summed E-state index contributed by atoms with van der Waals surface area (Å²) in [6, 6.07) is 19.1. The lowest BCUT2D eigenvalue weighted by atomic mass is 10.2. The summed E-state index contributed by atoms with van der Waals surface area (Å²) in [7, 11) is 0. The van der Waals surface area contributed by atoms with Crippen molar-refractivity contribution in [1.29, 1.82) is 0 Å². The topological polar surface area (TPSA) is 57.5 Å². The molecular formula is C22H20BrN3O2S. The van der Waals surface area contributed by atoms with Crippen molar-refractivity contribution in [2.75, 3.05) is 23.3 Å². The predicted octanol–water partition coefficient (Wildman–Crippen LogP) is 5.44. The molecule has 0 aliphatic carbocycles. The van der Waals surface area contributed by atoms with Gasteiger partial charge in [-0.25, -0.2) is 0 Å². The number of hydrogen-bond donors (Lipinski definition) is 2. The summed E-state index contributed by atoms with van der Waals surface area (Å²) in [4.78, 5) is 14.8. The second kappa shape index (κ2) is 8.80. The lowest BCUT2D eigenvalue weighted by Gasteiger charge is -2.18. The summed E-state index contributed by atoms with van der Waals surface area (Å²) >= 11 is 8.67. The van der Waals surface area contributed by atoms with Gasteiger partial charge in [0.25, 0.3) is 5.91 Å². The molecule has 4 rings (SSSR count). The van der Waals surface area contributed by atoms with E-state index in [0.717, 1.165) is 28.8 Å². The molecule has 1 saturated heterocycles. The summed E-state index contributed by atoms with van der Waals surface area (Å²) in [6.45, 7) is 2.21. The highest BCUT2D eigenvalue weighted by Gasteiger charge is 2.15. The van der Waals surface area contributed by atoms with Gasteiger partial charge in [0.2, 0.25) is 0 Å². The first-order chi connectivity index (χ1) is 14.1. The number of hydrogen-bond acceptors (Lipinski definition) is 4. The van der Waals surface area contributed by atoms with Crippen molar-refractivity contribution in [2.45, 2.75) is 12.8 Å². The molecule has 1 amide bonds. The quantitative estimate of drug-likeness (QED) is 0.498. The molecule has 5 nitrogen and oxygen atoms in total. The summed E-state index contributed by atoms with van der Waals surface area (Å²) in [5, 5.41) is 5.92. The largest absolute Gasteiger partial charge is 0.451 e. The van der Waals surface area contributed by atoms with Crippen LogP contribution in [-0.2, 0) is 0 Å². The van der Waals surface area contributed by atoms with Crippen LogP contribution in [0.1, 0.15) is 23.4 Å². The molecule has 0 saturated carbocycles. The van der Waals surface area contributed by atoms with Crippen LogP contribution in [0.2, 0.25) is 0 Å². The Kier molecular flexibility index (Phi) is 5.97. The van der Waals surface area contributed by atoms with E-state index >= 15 is 0 Å². The molecule has 148 valence electrons. The van der Waals surface area contributed by atoms with Crippen molar-refractivity contribution < 1.29 is 9.21 Å². The van der Waals surface area contributed by atoms with Crippen LogP contribution in [0.15, 0.2) is 69.6 Å². The van der Waals surface area contributed by atoms with Gasteiger partial charge in [0.05, 0.1) is 0 Å². The zero-order valence-electron chi connectivity index (χ0n) is 15.7. The molecule has 1 aliphatic heterocycles. The Bertz CT molecular complexity index is 1010. The average molecular weight is 470 g/mol. The van der Waals surface area contributed by atoms with Gasteiger partial charge in [-0.1, -0.05) is 28.1 Å². The molecular weight excluding hydrogens is 450 g/mol. The van der Waals surface area contributed by atoms with E-state index in [4.69, 9.17) is 16.6 Å². The van der Waals surface area contributed by atoms with E-state index in [1.807, 2.05) is 36.4 Å². The smallest absolute Gasteiger partial charge is 0.293 e. The predicted molar refractivity (Wildman–Crippen MR) is 123 cm³/mol. The first-order valence-electron chi connectivity index (χ1n) is 9.41. The highest BCUT2D eigenvalue weighted by molar-refractivity contribution is 9.10. The number of anilines is 2. The molecule has 0 radical (unpaired) electrons. The average Bonchev–Trinajstić information content (AvgIpc) is 3.41. The number of nitrogens with one attached hydrogen (secondary N) is 2. The number of halogens is 1. The van der Waals surface area contributed by atoms with Gasteiger partial charge in [0, 0.05) is 34.5 Å². The fourth-order valence-electron chi connectivity index (χ4n) is 3.29. The Hall–Kier alpha value is -2.64. The SMILES string of the molecule is O=C(NC(=S)Nc1ccc(N2CCCC2)cc1)c1ccc(-c2ccc(Br)cc2)o1. The molecule has 0 atom stereocenters. The van der Waals surface area contributed by atoms with E-state index in [0.29, 0.717) is 5.76 Å². The van der Waals surface area contributed by atoms with Crippen molar-refractivity contribution in [3.63, 3.8) is 0 Å². The molecule has 1 aliphatic rings. The molecule has 0 bridgehead atoms. The van der Waals surface area contributed by atoms with E-state index in [9.17, 15) is 4.79 Å². The van der Waals surface area contributed by atoms with Gasteiger partial charge in [0.1, 0.15) is 5.76 Å². The summed E-state index contributed by atoms with van der Waals surface area (Å²) in [6.07, 6.45) is 2.48. The second-order valence-electron chi connectivity index (χ2n) is 6.82. The van der Waals surface area contributed by atoms with Gasteiger partial charge in [-0.2, -0.15) is 0 Å². The van der Waals surface area contributed by atoms with Crippen molar-refractivity contribution in [3.05, 3.63) is 70.9 Å².